The maximum Gasteiger partial charge on any atom is 0.0640 e. The molecule has 4 heteroatoms. The molecule has 2 unspecified atom stereocenters. The number of hydrogen-bond acceptors (Lipinski definition) is 2. The molecule has 1 heterocycles. The summed E-state index contributed by atoms with van der Waals surface area (Å²) in [5, 5.41) is 5.05. The van der Waals surface area contributed by atoms with Crippen molar-refractivity contribution in [2.45, 2.75) is 32.4 Å². The lowest BCUT2D eigenvalue weighted by Crippen LogP contribution is -2.55. The van der Waals surface area contributed by atoms with Crippen molar-refractivity contribution in [3.8, 4) is 0 Å². The summed E-state index contributed by atoms with van der Waals surface area (Å²) in [5.74, 6) is 0. The number of benzene rings is 1. The highest BCUT2D eigenvalue weighted by molar-refractivity contribution is 6.35. The smallest absolute Gasteiger partial charge is 0.0640 e. The summed E-state index contributed by atoms with van der Waals surface area (Å²) < 4.78 is 0. The van der Waals surface area contributed by atoms with Crippen molar-refractivity contribution >= 4 is 28.9 Å². The van der Waals surface area contributed by atoms with Crippen LogP contribution in [0.5, 0.6) is 0 Å². The fourth-order valence-electron chi connectivity index (χ4n) is 2.24. The van der Waals surface area contributed by atoms with Gasteiger partial charge < -0.3 is 10.2 Å². The highest BCUT2D eigenvalue weighted by atomic mass is 35.5. The predicted molar refractivity (Wildman–Crippen MR) is 75.4 cm³/mol. The van der Waals surface area contributed by atoms with E-state index in [-0.39, 0.29) is 0 Å². The molecule has 1 aromatic carbocycles. The number of halogens is 2. The Hall–Kier alpha value is -0.440. The zero-order chi connectivity index (χ0) is 12.4. The lowest BCUT2D eigenvalue weighted by Gasteiger charge is -2.40. The zero-order valence-electron chi connectivity index (χ0n) is 10.2. The molecule has 1 aromatic rings. The normalized spacial score (nSPS) is 25.1. The van der Waals surface area contributed by atoms with Gasteiger partial charge in [-0.05, 0) is 31.5 Å². The van der Waals surface area contributed by atoms with Crippen LogP contribution in [0.25, 0.3) is 0 Å². The second-order valence-corrected chi connectivity index (χ2v) is 5.45. The van der Waals surface area contributed by atoms with Crippen LogP contribution in [0, 0.1) is 0 Å². The van der Waals surface area contributed by atoms with E-state index in [1.807, 2.05) is 18.2 Å². The van der Waals surface area contributed by atoms with Crippen LogP contribution in [-0.2, 0) is 0 Å². The van der Waals surface area contributed by atoms with Gasteiger partial charge in [-0.25, -0.2) is 0 Å². The zero-order valence-corrected chi connectivity index (χ0v) is 11.7. The molecule has 0 saturated carbocycles. The average molecular weight is 273 g/mol. The topological polar surface area (TPSA) is 15.3 Å². The van der Waals surface area contributed by atoms with Gasteiger partial charge in [0.05, 0.1) is 10.7 Å². The Morgan fingerprint density at radius 1 is 1.41 bits per heavy atom. The summed E-state index contributed by atoms with van der Waals surface area (Å²) in [4.78, 5) is 2.35. The molecule has 2 atom stereocenters. The Labute approximate surface area is 113 Å². The van der Waals surface area contributed by atoms with Crippen molar-refractivity contribution < 1.29 is 0 Å². The summed E-state index contributed by atoms with van der Waals surface area (Å²) >= 11 is 12.3. The molecule has 2 rings (SSSR count). The van der Waals surface area contributed by atoms with Crippen LogP contribution in [0.1, 0.15) is 20.3 Å². The fourth-order valence-corrected chi connectivity index (χ4v) is 2.64. The first kappa shape index (κ1) is 13.0. The molecule has 0 aromatic heterocycles. The van der Waals surface area contributed by atoms with E-state index in [1.54, 1.807) is 0 Å². The highest BCUT2D eigenvalue weighted by Gasteiger charge is 2.25. The minimum atomic E-state index is 0.439. The van der Waals surface area contributed by atoms with E-state index in [4.69, 9.17) is 23.2 Å². The molecule has 1 fully saturated rings. The lowest BCUT2D eigenvalue weighted by molar-refractivity contribution is 0.397. The maximum absolute atomic E-state index is 6.27. The molecule has 0 amide bonds. The monoisotopic (exact) mass is 272 g/mol. The average Bonchev–Trinajstić information content (AvgIpc) is 2.33. The third kappa shape index (κ3) is 2.87. The Balaban J connectivity index is 2.27. The summed E-state index contributed by atoms with van der Waals surface area (Å²) in [6, 6.07) is 6.63. The van der Waals surface area contributed by atoms with E-state index in [0.29, 0.717) is 12.1 Å². The van der Waals surface area contributed by atoms with Crippen LogP contribution < -0.4 is 10.2 Å². The first-order valence-electron chi connectivity index (χ1n) is 6.07. The Morgan fingerprint density at radius 3 is 2.88 bits per heavy atom. The third-order valence-electron chi connectivity index (χ3n) is 3.36. The van der Waals surface area contributed by atoms with Gasteiger partial charge in [0.2, 0.25) is 0 Å². The molecule has 17 heavy (non-hydrogen) atoms. The summed E-state index contributed by atoms with van der Waals surface area (Å²) in [6.07, 6.45) is 1.13. The quantitative estimate of drug-likeness (QED) is 0.886. The van der Waals surface area contributed by atoms with Crippen molar-refractivity contribution in [3.63, 3.8) is 0 Å². The van der Waals surface area contributed by atoms with Gasteiger partial charge in [0.1, 0.15) is 0 Å². The summed E-state index contributed by atoms with van der Waals surface area (Å²) in [5.41, 5.74) is 1.05. The minimum Gasteiger partial charge on any atom is -0.365 e. The molecular weight excluding hydrogens is 255 g/mol. The Morgan fingerprint density at radius 2 is 2.18 bits per heavy atom. The maximum atomic E-state index is 6.27. The van der Waals surface area contributed by atoms with Crippen molar-refractivity contribution in [1.29, 1.82) is 0 Å². The molecule has 2 nitrogen and oxygen atoms in total. The fraction of sp³-hybridized carbons (Fsp3) is 0.538. The van der Waals surface area contributed by atoms with Crippen molar-refractivity contribution in [2.75, 3.05) is 18.0 Å². The molecule has 1 N–H and O–H groups in total. The molecule has 0 bridgehead atoms. The van der Waals surface area contributed by atoms with Crippen LogP contribution >= 0.6 is 23.2 Å². The van der Waals surface area contributed by atoms with E-state index < -0.39 is 0 Å². The van der Waals surface area contributed by atoms with Crippen LogP contribution in [0.3, 0.4) is 0 Å². The van der Waals surface area contributed by atoms with Gasteiger partial charge in [0.25, 0.3) is 0 Å². The third-order valence-corrected chi connectivity index (χ3v) is 3.92. The molecular formula is C13H18Cl2N2. The molecule has 1 aliphatic heterocycles. The van der Waals surface area contributed by atoms with Gasteiger partial charge in [-0.2, -0.15) is 0 Å². The van der Waals surface area contributed by atoms with Crippen LogP contribution in [0.15, 0.2) is 18.2 Å². The Bertz CT molecular complexity index is 395. The second-order valence-electron chi connectivity index (χ2n) is 4.61. The molecule has 94 valence electrons. The van der Waals surface area contributed by atoms with E-state index in [2.05, 4.69) is 24.1 Å². The van der Waals surface area contributed by atoms with Gasteiger partial charge >= 0.3 is 0 Å². The largest absolute Gasteiger partial charge is 0.365 e. The number of anilines is 1. The van der Waals surface area contributed by atoms with Crippen LogP contribution in [0.4, 0.5) is 5.69 Å². The van der Waals surface area contributed by atoms with E-state index in [9.17, 15) is 0 Å². The number of nitrogens with one attached hydrogen (secondary N) is 1. The molecule has 0 radical (unpaired) electrons. The minimum absolute atomic E-state index is 0.439. The second kappa shape index (κ2) is 5.47. The van der Waals surface area contributed by atoms with Crippen molar-refractivity contribution in [3.05, 3.63) is 28.2 Å². The first-order valence-corrected chi connectivity index (χ1v) is 6.82. The van der Waals surface area contributed by atoms with E-state index >= 15 is 0 Å². The predicted octanol–water partition coefficient (Wildman–Crippen LogP) is 3.57. The highest BCUT2D eigenvalue weighted by Crippen LogP contribution is 2.31. The number of nitrogens with zero attached hydrogens (tertiary/aromatic N) is 1. The molecule has 0 spiro atoms. The first-order chi connectivity index (χ1) is 8.11. The van der Waals surface area contributed by atoms with Gasteiger partial charge in [-0.1, -0.05) is 30.1 Å². The van der Waals surface area contributed by atoms with Gasteiger partial charge in [0.15, 0.2) is 0 Å². The van der Waals surface area contributed by atoms with Crippen molar-refractivity contribution in [2.24, 2.45) is 0 Å². The van der Waals surface area contributed by atoms with Crippen molar-refractivity contribution in [1.82, 2.24) is 5.32 Å². The molecule has 0 aliphatic carbocycles. The van der Waals surface area contributed by atoms with Gasteiger partial charge in [-0.3, -0.25) is 0 Å². The molecule has 1 saturated heterocycles. The van der Waals surface area contributed by atoms with E-state index in [1.165, 1.54) is 0 Å². The SMILES string of the molecule is CCC1CN(c2cc(Cl)ccc2Cl)C(C)CN1. The number of piperazine rings is 1. The lowest BCUT2D eigenvalue weighted by atomic mass is 10.1. The Kier molecular flexibility index (Phi) is 4.18. The van der Waals surface area contributed by atoms with Gasteiger partial charge in [-0.15, -0.1) is 0 Å². The summed E-state index contributed by atoms with van der Waals surface area (Å²) in [6.45, 7) is 6.38. The van der Waals surface area contributed by atoms with Crippen LogP contribution in [-0.4, -0.2) is 25.2 Å². The van der Waals surface area contributed by atoms with Crippen LogP contribution in [0.2, 0.25) is 10.0 Å². The number of hydrogen-bond donors (Lipinski definition) is 1. The standard InChI is InChI=1S/C13H18Cl2N2/c1-3-11-8-17(9(2)7-16-11)13-6-10(14)4-5-12(13)15/h4-6,9,11,16H,3,7-8H2,1-2H3. The number of rotatable bonds is 2. The molecule has 1 aliphatic rings. The summed E-state index contributed by atoms with van der Waals surface area (Å²) in [7, 11) is 0. The van der Waals surface area contributed by atoms with Gasteiger partial charge in [0, 0.05) is 30.2 Å². The van der Waals surface area contributed by atoms with E-state index in [0.717, 1.165) is 35.2 Å².